The topological polar surface area (TPSA) is 53.9 Å². The molecule has 0 radical (unpaired) electrons. The zero-order valence-corrected chi connectivity index (χ0v) is 17.0. The standard InChI is InChI=1S/C22H19Cl2N3O2/c23-20-12-11-18(13-21(20)24)14-25-26-22(28)16-27(15-17-7-3-1-4-8-17)29-19-9-5-2-6-10-19/h1-14H,15-16H2,(H,26,28). The summed E-state index contributed by atoms with van der Waals surface area (Å²) in [5, 5.41) is 6.43. The second kappa shape index (κ2) is 10.6. The lowest BCUT2D eigenvalue weighted by Crippen LogP contribution is -2.37. The summed E-state index contributed by atoms with van der Waals surface area (Å²) in [5.74, 6) is 0.337. The highest BCUT2D eigenvalue weighted by atomic mass is 35.5. The molecular weight excluding hydrogens is 409 g/mol. The first-order chi connectivity index (χ1) is 14.1. The number of nitrogens with one attached hydrogen (secondary N) is 1. The Kier molecular flexibility index (Phi) is 7.64. The van der Waals surface area contributed by atoms with Crippen LogP contribution < -0.4 is 10.3 Å². The van der Waals surface area contributed by atoms with Crippen LogP contribution in [0.4, 0.5) is 0 Å². The van der Waals surface area contributed by atoms with Gasteiger partial charge in [-0.3, -0.25) is 4.79 Å². The molecule has 0 aromatic heterocycles. The Morgan fingerprint density at radius 3 is 2.34 bits per heavy atom. The van der Waals surface area contributed by atoms with Crippen LogP contribution in [0.3, 0.4) is 0 Å². The van der Waals surface area contributed by atoms with E-state index in [1.165, 1.54) is 6.21 Å². The molecule has 5 nitrogen and oxygen atoms in total. The first kappa shape index (κ1) is 20.9. The Labute approximate surface area is 179 Å². The van der Waals surface area contributed by atoms with Crippen LogP contribution >= 0.6 is 23.2 Å². The molecule has 0 heterocycles. The van der Waals surface area contributed by atoms with Crippen molar-refractivity contribution in [2.75, 3.05) is 6.54 Å². The maximum Gasteiger partial charge on any atom is 0.257 e. The maximum absolute atomic E-state index is 12.4. The number of hydrogen-bond acceptors (Lipinski definition) is 4. The summed E-state index contributed by atoms with van der Waals surface area (Å²) in [6, 6.07) is 24.2. The first-order valence-corrected chi connectivity index (χ1v) is 9.64. The zero-order valence-electron chi connectivity index (χ0n) is 15.5. The van der Waals surface area contributed by atoms with Gasteiger partial charge in [-0.25, -0.2) is 5.43 Å². The van der Waals surface area contributed by atoms with E-state index in [2.05, 4.69) is 10.5 Å². The number of nitrogens with zero attached hydrogens (tertiary/aromatic N) is 2. The van der Waals surface area contributed by atoms with Crippen LogP contribution in [0.2, 0.25) is 10.0 Å². The van der Waals surface area contributed by atoms with Gasteiger partial charge in [0.2, 0.25) is 0 Å². The molecule has 0 bridgehead atoms. The van der Waals surface area contributed by atoms with E-state index in [9.17, 15) is 4.79 Å². The van der Waals surface area contributed by atoms with E-state index in [0.29, 0.717) is 22.3 Å². The number of hydroxylamine groups is 2. The molecule has 0 spiro atoms. The lowest BCUT2D eigenvalue weighted by molar-refractivity contribution is -0.133. The molecule has 0 fully saturated rings. The number of carbonyl (C=O) groups is 1. The molecule has 0 aliphatic carbocycles. The number of hydrogen-bond donors (Lipinski definition) is 1. The Bertz CT molecular complexity index is 925. The van der Waals surface area contributed by atoms with E-state index in [1.807, 2.05) is 60.7 Å². The van der Waals surface area contributed by atoms with E-state index >= 15 is 0 Å². The van der Waals surface area contributed by atoms with Crippen molar-refractivity contribution in [3.05, 3.63) is 100 Å². The maximum atomic E-state index is 12.4. The van der Waals surface area contributed by atoms with Crippen molar-refractivity contribution in [2.24, 2.45) is 5.10 Å². The lowest BCUT2D eigenvalue weighted by atomic mass is 10.2. The summed E-state index contributed by atoms with van der Waals surface area (Å²) >= 11 is 11.9. The summed E-state index contributed by atoms with van der Waals surface area (Å²) in [6.45, 7) is 0.447. The summed E-state index contributed by atoms with van der Waals surface area (Å²) in [7, 11) is 0. The Morgan fingerprint density at radius 2 is 1.66 bits per heavy atom. The molecule has 0 saturated carbocycles. The monoisotopic (exact) mass is 427 g/mol. The molecule has 0 aliphatic rings. The number of rotatable bonds is 8. The van der Waals surface area contributed by atoms with Crippen molar-refractivity contribution in [1.29, 1.82) is 0 Å². The highest BCUT2D eigenvalue weighted by molar-refractivity contribution is 6.42. The van der Waals surface area contributed by atoms with Gasteiger partial charge in [-0.1, -0.05) is 77.8 Å². The average Bonchev–Trinajstić information content (AvgIpc) is 2.72. The lowest BCUT2D eigenvalue weighted by Gasteiger charge is -2.21. The van der Waals surface area contributed by atoms with Gasteiger partial charge in [-0.15, -0.1) is 5.06 Å². The minimum atomic E-state index is -0.312. The molecule has 0 aliphatic heterocycles. The van der Waals surface area contributed by atoms with Crippen LogP contribution in [-0.4, -0.2) is 23.7 Å². The van der Waals surface area contributed by atoms with E-state index in [4.69, 9.17) is 28.0 Å². The Balaban J connectivity index is 1.61. The minimum absolute atomic E-state index is 0.00248. The van der Waals surface area contributed by atoms with E-state index in [0.717, 1.165) is 11.1 Å². The number of hydrazone groups is 1. The fourth-order valence-electron chi connectivity index (χ4n) is 2.50. The van der Waals surface area contributed by atoms with Gasteiger partial charge in [-0.05, 0) is 35.4 Å². The normalized spacial score (nSPS) is 11.0. The molecule has 0 unspecified atom stereocenters. The number of benzene rings is 3. The number of halogens is 2. The van der Waals surface area contributed by atoms with Crippen molar-refractivity contribution < 1.29 is 9.63 Å². The third-order valence-corrected chi connectivity index (χ3v) is 4.58. The predicted octanol–water partition coefficient (Wildman–Crippen LogP) is 4.94. The third-order valence-electron chi connectivity index (χ3n) is 3.85. The SMILES string of the molecule is O=C(CN(Cc1ccccc1)Oc1ccccc1)NN=Cc1ccc(Cl)c(Cl)c1. The van der Waals surface area contributed by atoms with Crippen molar-refractivity contribution in [1.82, 2.24) is 10.5 Å². The fourth-order valence-corrected chi connectivity index (χ4v) is 2.81. The summed E-state index contributed by atoms with van der Waals surface area (Å²) < 4.78 is 0. The van der Waals surface area contributed by atoms with Gasteiger partial charge in [0.05, 0.1) is 22.8 Å². The fraction of sp³-hybridized carbons (Fsp3) is 0.0909. The van der Waals surface area contributed by atoms with Gasteiger partial charge < -0.3 is 4.84 Å². The highest BCUT2D eigenvalue weighted by Gasteiger charge is 2.13. The van der Waals surface area contributed by atoms with E-state index in [-0.39, 0.29) is 12.5 Å². The molecule has 29 heavy (non-hydrogen) atoms. The largest absolute Gasteiger partial charge is 0.405 e. The van der Waals surface area contributed by atoms with Gasteiger partial charge in [0.15, 0.2) is 0 Å². The van der Waals surface area contributed by atoms with Crippen LogP contribution in [0, 0.1) is 0 Å². The average molecular weight is 428 g/mol. The molecule has 3 rings (SSSR count). The second-order valence-corrected chi connectivity index (χ2v) is 6.97. The van der Waals surface area contributed by atoms with Gasteiger partial charge in [-0.2, -0.15) is 5.10 Å². The van der Waals surface area contributed by atoms with Crippen LogP contribution in [0.1, 0.15) is 11.1 Å². The van der Waals surface area contributed by atoms with Crippen LogP contribution in [0.5, 0.6) is 5.75 Å². The van der Waals surface area contributed by atoms with Crippen LogP contribution in [0.25, 0.3) is 0 Å². The molecule has 3 aromatic carbocycles. The van der Waals surface area contributed by atoms with Gasteiger partial charge in [0, 0.05) is 0 Å². The Morgan fingerprint density at radius 1 is 0.966 bits per heavy atom. The van der Waals surface area contributed by atoms with E-state index < -0.39 is 0 Å². The van der Waals surface area contributed by atoms with Crippen molar-refractivity contribution in [3.63, 3.8) is 0 Å². The smallest absolute Gasteiger partial charge is 0.257 e. The quantitative estimate of drug-likeness (QED) is 0.409. The second-order valence-electron chi connectivity index (χ2n) is 6.15. The number of para-hydroxylation sites is 1. The molecule has 1 amide bonds. The Hall–Kier alpha value is -2.86. The predicted molar refractivity (Wildman–Crippen MR) is 116 cm³/mol. The first-order valence-electron chi connectivity index (χ1n) is 8.89. The molecule has 0 atom stereocenters. The van der Waals surface area contributed by atoms with Crippen molar-refractivity contribution >= 4 is 35.3 Å². The minimum Gasteiger partial charge on any atom is -0.405 e. The van der Waals surface area contributed by atoms with Crippen molar-refractivity contribution in [2.45, 2.75) is 6.54 Å². The van der Waals surface area contributed by atoms with E-state index in [1.54, 1.807) is 23.3 Å². The molecule has 148 valence electrons. The van der Waals surface area contributed by atoms with Crippen molar-refractivity contribution in [3.8, 4) is 5.75 Å². The summed E-state index contributed by atoms with van der Waals surface area (Å²) in [5.41, 5.74) is 4.25. The summed E-state index contributed by atoms with van der Waals surface area (Å²) in [6.07, 6.45) is 1.50. The molecule has 0 saturated heterocycles. The molecule has 1 N–H and O–H groups in total. The molecular formula is C22H19Cl2N3O2. The van der Waals surface area contributed by atoms with Gasteiger partial charge in [0.1, 0.15) is 12.3 Å². The molecule has 3 aromatic rings. The summed E-state index contributed by atoms with van der Waals surface area (Å²) in [4.78, 5) is 18.2. The van der Waals surface area contributed by atoms with Gasteiger partial charge in [0.25, 0.3) is 5.91 Å². The number of carbonyl (C=O) groups excluding carboxylic acids is 1. The molecule has 7 heteroatoms. The van der Waals surface area contributed by atoms with Gasteiger partial charge >= 0.3 is 0 Å². The van der Waals surface area contributed by atoms with Crippen LogP contribution in [-0.2, 0) is 11.3 Å². The third kappa shape index (κ3) is 6.91. The van der Waals surface area contributed by atoms with Crippen LogP contribution in [0.15, 0.2) is 84.0 Å². The zero-order chi connectivity index (χ0) is 20.5. The number of amides is 1. The highest BCUT2D eigenvalue weighted by Crippen LogP contribution is 2.21.